The Morgan fingerprint density at radius 3 is 2.82 bits per heavy atom. The highest BCUT2D eigenvalue weighted by molar-refractivity contribution is 6.31. The molecule has 0 bridgehead atoms. The van der Waals surface area contributed by atoms with Gasteiger partial charge in [-0.05, 0) is 31.7 Å². The molecule has 0 aliphatic rings. The lowest BCUT2D eigenvalue weighted by molar-refractivity contribution is -0.117. The lowest BCUT2D eigenvalue weighted by Crippen LogP contribution is -2.33. The van der Waals surface area contributed by atoms with E-state index in [1.165, 1.54) is 0 Å². The van der Waals surface area contributed by atoms with Crippen LogP contribution in [0, 0.1) is 6.92 Å². The fourth-order valence-corrected chi connectivity index (χ4v) is 1.60. The van der Waals surface area contributed by atoms with E-state index in [2.05, 4.69) is 5.32 Å². The van der Waals surface area contributed by atoms with Gasteiger partial charge in [0.1, 0.15) is 0 Å². The first-order chi connectivity index (χ1) is 8.02. The minimum Gasteiger partial charge on any atom is -0.329 e. The first-order valence-electron chi connectivity index (χ1n) is 5.47. The van der Waals surface area contributed by atoms with Crippen LogP contribution in [0.5, 0.6) is 0 Å². The molecule has 0 aliphatic heterocycles. The van der Waals surface area contributed by atoms with Crippen molar-refractivity contribution >= 4 is 23.2 Å². The van der Waals surface area contributed by atoms with Gasteiger partial charge in [-0.15, -0.1) is 0 Å². The number of amides is 1. The molecule has 4 nitrogen and oxygen atoms in total. The van der Waals surface area contributed by atoms with Crippen molar-refractivity contribution in [3.63, 3.8) is 0 Å². The number of hydrogen-bond donors (Lipinski definition) is 2. The second-order valence-electron chi connectivity index (χ2n) is 4.04. The number of carbonyl (C=O) groups is 1. The zero-order chi connectivity index (χ0) is 12.8. The maximum atomic E-state index is 11.7. The molecule has 0 saturated carbocycles. The summed E-state index contributed by atoms with van der Waals surface area (Å²) in [5.74, 6) is -0.0686. The number of carbonyl (C=O) groups excluding carboxylic acids is 1. The average Bonchev–Trinajstić information content (AvgIpc) is 2.23. The summed E-state index contributed by atoms with van der Waals surface area (Å²) in [7, 11) is 1.86. The quantitative estimate of drug-likeness (QED) is 0.838. The maximum absolute atomic E-state index is 11.7. The molecule has 1 aromatic carbocycles. The predicted molar refractivity (Wildman–Crippen MR) is 71.4 cm³/mol. The standard InChI is InChI=1S/C12H18ClN3O/c1-9-3-4-10(7-11(9)13)15-12(17)8-16(2)6-5-14/h3-4,7H,5-6,8,14H2,1-2H3,(H,15,17). The Bertz CT molecular complexity index is 395. The van der Waals surface area contributed by atoms with Crippen LogP contribution >= 0.6 is 11.6 Å². The van der Waals surface area contributed by atoms with Crippen LogP contribution in [0.25, 0.3) is 0 Å². The molecule has 0 aromatic heterocycles. The smallest absolute Gasteiger partial charge is 0.238 e. The van der Waals surface area contributed by atoms with Gasteiger partial charge in [0.05, 0.1) is 6.54 Å². The average molecular weight is 256 g/mol. The maximum Gasteiger partial charge on any atom is 0.238 e. The minimum atomic E-state index is -0.0686. The van der Waals surface area contributed by atoms with Crippen molar-refractivity contribution in [2.75, 3.05) is 32.0 Å². The van der Waals surface area contributed by atoms with Gasteiger partial charge in [-0.1, -0.05) is 17.7 Å². The summed E-state index contributed by atoms with van der Waals surface area (Å²) in [6.07, 6.45) is 0. The molecule has 3 N–H and O–H groups in total. The zero-order valence-corrected chi connectivity index (χ0v) is 10.9. The molecule has 0 unspecified atom stereocenters. The van der Waals surface area contributed by atoms with Gasteiger partial charge in [-0.3, -0.25) is 9.69 Å². The van der Waals surface area contributed by atoms with E-state index >= 15 is 0 Å². The van der Waals surface area contributed by atoms with E-state index in [0.717, 1.165) is 5.56 Å². The molecule has 0 heterocycles. The topological polar surface area (TPSA) is 58.4 Å². The van der Waals surface area contributed by atoms with Gasteiger partial charge in [0.15, 0.2) is 0 Å². The molecule has 17 heavy (non-hydrogen) atoms. The molecule has 0 saturated heterocycles. The van der Waals surface area contributed by atoms with Crippen molar-refractivity contribution in [3.05, 3.63) is 28.8 Å². The number of aryl methyl sites for hydroxylation is 1. The zero-order valence-electron chi connectivity index (χ0n) is 10.2. The van der Waals surface area contributed by atoms with Crippen molar-refractivity contribution in [1.29, 1.82) is 0 Å². The van der Waals surface area contributed by atoms with Crippen molar-refractivity contribution in [3.8, 4) is 0 Å². The van der Waals surface area contributed by atoms with Gasteiger partial charge in [0, 0.05) is 23.8 Å². The lowest BCUT2D eigenvalue weighted by atomic mass is 10.2. The normalized spacial score (nSPS) is 10.6. The fraction of sp³-hybridized carbons (Fsp3) is 0.417. The molecular weight excluding hydrogens is 238 g/mol. The second-order valence-corrected chi connectivity index (χ2v) is 4.45. The summed E-state index contributed by atoms with van der Waals surface area (Å²) in [4.78, 5) is 13.5. The molecule has 0 spiro atoms. The van der Waals surface area contributed by atoms with E-state index in [1.54, 1.807) is 6.07 Å². The van der Waals surface area contributed by atoms with E-state index in [4.69, 9.17) is 17.3 Å². The highest BCUT2D eigenvalue weighted by Crippen LogP contribution is 2.19. The van der Waals surface area contributed by atoms with Crippen LogP contribution in [0.15, 0.2) is 18.2 Å². The number of nitrogens with two attached hydrogens (primary N) is 1. The fourth-order valence-electron chi connectivity index (χ4n) is 1.42. The number of benzene rings is 1. The molecule has 0 aliphatic carbocycles. The van der Waals surface area contributed by atoms with Crippen LogP contribution in [-0.4, -0.2) is 37.5 Å². The van der Waals surface area contributed by atoms with E-state index in [0.29, 0.717) is 30.3 Å². The van der Waals surface area contributed by atoms with Gasteiger partial charge in [0.25, 0.3) is 0 Å². The molecule has 1 rings (SSSR count). The number of rotatable bonds is 5. The third-order valence-corrected chi connectivity index (χ3v) is 2.79. The Kier molecular flexibility index (Phi) is 5.41. The summed E-state index contributed by atoms with van der Waals surface area (Å²) in [5.41, 5.74) is 7.11. The minimum absolute atomic E-state index is 0.0686. The van der Waals surface area contributed by atoms with E-state index < -0.39 is 0 Å². The lowest BCUT2D eigenvalue weighted by Gasteiger charge is -2.15. The number of halogens is 1. The molecule has 0 radical (unpaired) electrons. The van der Waals surface area contributed by atoms with Crippen molar-refractivity contribution in [1.82, 2.24) is 4.90 Å². The summed E-state index contributed by atoms with van der Waals surface area (Å²) in [6, 6.07) is 5.46. The second kappa shape index (κ2) is 6.59. The highest BCUT2D eigenvalue weighted by Gasteiger charge is 2.06. The van der Waals surface area contributed by atoms with Crippen molar-refractivity contribution in [2.24, 2.45) is 5.73 Å². The van der Waals surface area contributed by atoms with Crippen LogP contribution in [-0.2, 0) is 4.79 Å². The predicted octanol–water partition coefficient (Wildman–Crippen LogP) is 1.48. The van der Waals surface area contributed by atoms with E-state index in [-0.39, 0.29) is 5.91 Å². The summed E-state index contributed by atoms with van der Waals surface area (Å²) < 4.78 is 0. The Balaban J connectivity index is 2.53. The van der Waals surface area contributed by atoms with Gasteiger partial charge < -0.3 is 11.1 Å². The molecule has 94 valence electrons. The van der Waals surface area contributed by atoms with Crippen LogP contribution in [0.4, 0.5) is 5.69 Å². The Morgan fingerprint density at radius 2 is 2.24 bits per heavy atom. The van der Waals surface area contributed by atoms with Crippen molar-refractivity contribution in [2.45, 2.75) is 6.92 Å². The first-order valence-corrected chi connectivity index (χ1v) is 5.85. The van der Waals surface area contributed by atoms with Gasteiger partial charge >= 0.3 is 0 Å². The summed E-state index contributed by atoms with van der Waals surface area (Å²) in [6.45, 7) is 3.48. The van der Waals surface area contributed by atoms with Crippen LogP contribution in [0.3, 0.4) is 0 Å². The molecule has 1 amide bonds. The number of nitrogens with zero attached hydrogens (tertiary/aromatic N) is 1. The Morgan fingerprint density at radius 1 is 1.53 bits per heavy atom. The summed E-state index contributed by atoms with van der Waals surface area (Å²) >= 11 is 5.97. The van der Waals surface area contributed by atoms with Crippen LogP contribution in [0.2, 0.25) is 5.02 Å². The largest absolute Gasteiger partial charge is 0.329 e. The third-order valence-electron chi connectivity index (χ3n) is 2.38. The molecule has 5 heteroatoms. The molecular formula is C12H18ClN3O. The monoisotopic (exact) mass is 255 g/mol. The first kappa shape index (κ1) is 14.0. The Hall–Kier alpha value is -1.10. The third kappa shape index (κ3) is 4.73. The van der Waals surface area contributed by atoms with Gasteiger partial charge in [-0.25, -0.2) is 0 Å². The van der Waals surface area contributed by atoms with Gasteiger partial charge in [0.2, 0.25) is 5.91 Å². The SMILES string of the molecule is Cc1ccc(NC(=O)CN(C)CCN)cc1Cl. The van der Waals surface area contributed by atoms with E-state index in [9.17, 15) is 4.79 Å². The van der Waals surface area contributed by atoms with Crippen molar-refractivity contribution < 1.29 is 4.79 Å². The molecule has 1 aromatic rings. The van der Waals surface area contributed by atoms with E-state index in [1.807, 2.05) is 31.0 Å². The number of nitrogens with one attached hydrogen (secondary N) is 1. The highest BCUT2D eigenvalue weighted by atomic mass is 35.5. The summed E-state index contributed by atoms with van der Waals surface area (Å²) in [5, 5.41) is 3.44. The number of likely N-dealkylation sites (N-methyl/N-ethyl adjacent to an activating group) is 1. The molecule has 0 atom stereocenters. The molecule has 0 fully saturated rings. The Labute approximate surface area is 107 Å². The number of hydrogen-bond acceptors (Lipinski definition) is 3. The van der Waals surface area contributed by atoms with Crippen LogP contribution < -0.4 is 11.1 Å². The van der Waals surface area contributed by atoms with Gasteiger partial charge in [-0.2, -0.15) is 0 Å². The number of anilines is 1. The van der Waals surface area contributed by atoms with Crippen LogP contribution in [0.1, 0.15) is 5.56 Å².